The van der Waals surface area contributed by atoms with Crippen molar-refractivity contribution in [1.29, 1.82) is 0 Å². The predicted octanol–water partition coefficient (Wildman–Crippen LogP) is 0.553. The number of fused-ring (bicyclic) bond motifs is 1. The van der Waals surface area contributed by atoms with Crippen molar-refractivity contribution >= 4 is 69.5 Å². The Morgan fingerprint density at radius 2 is 1.38 bits per heavy atom. The number of carbonyl (C=O) groups is 5. The number of anilines is 3. The number of halogens is 2. The minimum absolute atomic E-state index is 0.00675. The first-order valence-electron chi connectivity index (χ1n) is 16.9. The van der Waals surface area contributed by atoms with Crippen molar-refractivity contribution in [1.82, 2.24) is 14.9 Å². The van der Waals surface area contributed by atoms with E-state index in [-0.39, 0.29) is 10.9 Å². The summed E-state index contributed by atoms with van der Waals surface area (Å²) in [6.07, 6.45) is -4.33. The SMILES string of the molecule is COCCOc1cc2ncnc(Nc3ccc(F)c(Cl)c3)c2cc1NC(=O)C=C1CCN(CCOC)CC1.O=C(O)C(O)C(O)C(=O)O.O=C(O)C(O)C(O)C(=O)O. The zero-order valence-corrected chi connectivity index (χ0v) is 31.7. The number of aliphatic hydroxyl groups excluding tert-OH is 4. The van der Waals surface area contributed by atoms with Gasteiger partial charge in [-0.05, 0) is 37.1 Å². The second kappa shape index (κ2) is 24.2. The van der Waals surface area contributed by atoms with Crippen LogP contribution in [0.3, 0.4) is 0 Å². The molecule has 58 heavy (non-hydrogen) atoms. The quantitative estimate of drug-likeness (QED) is 0.0655. The molecule has 1 aromatic heterocycles. The second-order valence-electron chi connectivity index (χ2n) is 11.9. The van der Waals surface area contributed by atoms with Crippen molar-refractivity contribution in [2.75, 3.05) is 64.3 Å². The first-order chi connectivity index (χ1) is 27.4. The van der Waals surface area contributed by atoms with E-state index in [0.29, 0.717) is 53.7 Å². The van der Waals surface area contributed by atoms with E-state index < -0.39 is 54.1 Å². The van der Waals surface area contributed by atoms with Gasteiger partial charge in [0, 0.05) is 57.1 Å². The van der Waals surface area contributed by atoms with Crippen LogP contribution in [0.15, 0.2) is 48.3 Å². The Bertz CT molecular complexity index is 1840. The number of aromatic nitrogens is 2. The van der Waals surface area contributed by atoms with Crippen molar-refractivity contribution in [3.8, 4) is 5.75 Å². The highest BCUT2D eigenvalue weighted by molar-refractivity contribution is 6.31. The van der Waals surface area contributed by atoms with Crippen molar-refractivity contribution in [3.05, 3.63) is 59.1 Å². The lowest BCUT2D eigenvalue weighted by Gasteiger charge is -2.27. The highest BCUT2D eigenvalue weighted by Crippen LogP contribution is 2.34. The molecule has 0 spiro atoms. The smallest absolute Gasteiger partial charge is 0.335 e. The highest BCUT2D eigenvalue weighted by atomic mass is 35.5. The Hall–Kier alpha value is -5.59. The molecule has 0 bridgehead atoms. The van der Waals surface area contributed by atoms with E-state index in [4.69, 9.17) is 66.7 Å². The van der Waals surface area contributed by atoms with E-state index in [1.54, 1.807) is 38.5 Å². The van der Waals surface area contributed by atoms with E-state index >= 15 is 0 Å². The third-order valence-corrected chi connectivity index (χ3v) is 8.07. The monoisotopic (exact) mass is 843 g/mol. The fourth-order valence-corrected chi connectivity index (χ4v) is 4.85. The normalized spacial score (nSPS) is 14.6. The van der Waals surface area contributed by atoms with Crippen LogP contribution in [0.2, 0.25) is 5.02 Å². The molecule has 2 heterocycles. The van der Waals surface area contributed by atoms with Crippen molar-refractivity contribution in [2.45, 2.75) is 37.3 Å². The maximum absolute atomic E-state index is 13.6. The molecule has 1 saturated heterocycles. The van der Waals surface area contributed by atoms with Crippen LogP contribution in [0.25, 0.3) is 10.9 Å². The first kappa shape index (κ1) is 48.6. The maximum atomic E-state index is 13.6. The number of aliphatic carboxylic acids is 4. The van der Waals surface area contributed by atoms with Crippen LogP contribution in [0.4, 0.5) is 21.6 Å². The number of rotatable bonds is 17. The number of carboxylic acids is 4. The second-order valence-corrected chi connectivity index (χ2v) is 12.3. The minimum Gasteiger partial charge on any atom is -0.489 e. The lowest BCUT2D eigenvalue weighted by molar-refractivity contribution is -0.165. The number of hydrogen-bond acceptors (Lipinski definition) is 16. The number of ether oxygens (including phenoxy) is 3. The fraction of sp³-hybridized carbons (Fsp3) is 0.400. The molecule has 1 fully saturated rings. The van der Waals surface area contributed by atoms with Gasteiger partial charge in [-0.1, -0.05) is 17.2 Å². The number of nitrogens with zero attached hydrogens (tertiary/aromatic N) is 3. The van der Waals surface area contributed by atoms with Gasteiger partial charge < -0.3 is 70.6 Å². The molecule has 3 aromatic rings. The number of piperidine rings is 1. The van der Waals surface area contributed by atoms with Gasteiger partial charge in [0.05, 0.1) is 29.4 Å². The zero-order chi connectivity index (χ0) is 43.5. The maximum Gasteiger partial charge on any atom is 0.335 e. The predicted molar refractivity (Wildman–Crippen MR) is 200 cm³/mol. The summed E-state index contributed by atoms with van der Waals surface area (Å²) in [7, 11) is 3.29. The number of methoxy groups -OCH3 is 2. The van der Waals surface area contributed by atoms with E-state index in [0.717, 1.165) is 38.0 Å². The van der Waals surface area contributed by atoms with Gasteiger partial charge in [0.15, 0.2) is 24.4 Å². The number of amides is 1. The average molecular weight is 844 g/mol. The molecule has 1 amide bonds. The number of likely N-dealkylation sites (tertiary alicyclic amines) is 1. The lowest BCUT2D eigenvalue weighted by Crippen LogP contribution is -2.39. The summed E-state index contributed by atoms with van der Waals surface area (Å²) < 4.78 is 29.8. The number of nitrogens with one attached hydrogen (secondary N) is 2. The summed E-state index contributed by atoms with van der Waals surface area (Å²) >= 11 is 5.94. The Morgan fingerprint density at radius 3 is 1.88 bits per heavy atom. The van der Waals surface area contributed by atoms with Crippen molar-refractivity contribution in [2.24, 2.45) is 0 Å². The molecule has 0 aliphatic carbocycles. The third-order valence-electron chi connectivity index (χ3n) is 7.78. The summed E-state index contributed by atoms with van der Waals surface area (Å²) in [5.74, 6) is -6.89. The van der Waals surface area contributed by atoms with Gasteiger partial charge in [-0.2, -0.15) is 0 Å². The summed E-state index contributed by atoms with van der Waals surface area (Å²) in [6.45, 7) is 4.05. The molecule has 1 aliphatic heterocycles. The Morgan fingerprint density at radius 1 is 0.828 bits per heavy atom. The minimum atomic E-state index is -2.27. The topological polar surface area (TPSA) is 328 Å². The van der Waals surface area contributed by atoms with Crippen molar-refractivity contribution < 1.29 is 83.4 Å². The molecule has 21 nitrogen and oxygen atoms in total. The molecule has 10 N–H and O–H groups in total. The van der Waals surface area contributed by atoms with Crippen LogP contribution in [0, 0.1) is 5.82 Å². The molecule has 4 unspecified atom stereocenters. The molecule has 0 radical (unpaired) electrons. The van der Waals surface area contributed by atoms with Crippen LogP contribution in [-0.2, 0) is 33.4 Å². The zero-order valence-electron chi connectivity index (χ0n) is 30.9. The third kappa shape index (κ3) is 15.7. The number of aliphatic hydroxyl groups is 4. The Labute approximate surface area is 333 Å². The van der Waals surface area contributed by atoms with Gasteiger partial charge in [-0.15, -0.1) is 0 Å². The number of carboxylic acid groups (broad SMARTS) is 4. The molecular formula is C35H43ClFN5O16. The van der Waals surface area contributed by atoms with E-state index in [1.165, 1.54) is 18.5 Å². The standard InChI is InChI=1S/C27H31ClFN5O4.2C4H6O6/c1-36-10-9-34-7-5-18(6-8-34)13-26(35)33-24-15-20-23(16-25(24)38-12-11-37-2)30-17-31-27(20)32-19-3-4-22(29)21(28)14-19;2*5-1(3(7)8)2(6)4(9)10/h3-4,13-17H,5-12H2,1-2H3,(H,33,35)(H,30,31,32);2*1-2,5-6H,(H,7,8)(H,9,10). The van der Waals surface area contributed by atoms with Gasteiger partial charge >= 0.3 is 23.9 Å². The van der Waals surface area contributed by atoms with Gasteiger partial charge in [0.1, 0.15) is 30.3 Å². The van der Waals surface area contributed by atoms with Gasteiger partial charge in [-0.3, -0.25) is 4.79 Å². The summed E-state index contributed by atoms with van der Waals surface area (Å²) in [4.78, 5) is 63.1. The highest BCUT2D eigenvalue weighted by Gasteiger charge is 2.30. The Kier molecular flexibility index (Phi) is 20.3. The molecule has 1 aliphatic rings. The Balaban J connectivity index is 0.000000477. The van der Waals surface area contributed by atoms with E-state index in [9.17, 15) is 28.4 Å². The molecular weight excluding hydrogens is 801 g/mol. The van der Waals surface area contributed by atoms with E-state index in [1.807, 2.05) is 0 Å². The van der Waals surface area contributed by atoms with Crippen LogP contribution < -0.4 is 15.4 Å². The van der Waals surface area contributed by atoms with Crippen LogP contribution in [0.1, 0.15) is 12.8 Å². The van der Waals surface area contributed by atoms with Gasteiger partial charge in [0.25, 0.3) is 0 Å². The molecule has 23 heteroatoms. The average Bonchev–Trinajstić information content (AvgIpc) is 3.18. The molecule has 4 atom stereocenters. The number of benzene rings is 2. The molecule has 4 rings (SSSR count). The largest absolute Gasteiger partial charge is 0.489 e. The van der Waals surface area contributed by atoms with Crippen LogP contribution in [0.5, 0.6) is 5.75 Å². The molecule has 2 aromatic carbocycles. The lowest BCUT2D eigenvalue weighted by atomic mass is 10.0. The summed E-state index contributed by atoms with van der Waals surface area (Å²) in [5, 5.41) is 71.8. The van der Waals surface area contributed by atoms with Gasteiger partial charge in [-0.25, -0.2) is 33.5 Å². The molecule has 0 saturated carbocycles. The fourth-order valence-electron chi connectivity index (χ4n) is 4.67. The first-order valence-corrected chi connectivity index (χ1v) is 17.3. The molecule has 318 valence electrons. The number of hydrogen-bond donors (Lipinski definition) is 10. The van der Waals surface area contributed by atoms with Crippen LogP contribution >= 0.6 is 11.6 Å². The van der Waals surface area contributed by atoms with Crippen molar-refractivity contribution in [3.63, 3.8) is 0 Å². The van der Waals surface area contributed by atoms with Gasteiger partial charge in [0.2, 0.25) is 5.91 Å². The number of carbonyl (C=O) groups excluding carboxylic acids is 1. The summed E-state index contributed by atoms with van der Waals surface area (Å²) in [5.41, 5.74) is 2.73. The summed E-state index contributed by atoms with van der Waals surface area (Å²) in [6, 6.07) is 7.81. The van der Waals surface area contributed by atoms with E-state index in [2.05, 4.69) is 25.5 Å². The van der Waals surface area contributed by atoms with Crippen LogP contribution in [-0.4, -0.2) is 164 Å².